The van der Waals surface area contributed by atoms with E-state index < -0.39 is 0 Å². The van der Waals surface area contributed by atoms with Gasteiger partial charge >= 0.3 is 0 Å². The molecule has 27 heavy (non-hydrogen) atoms. The molecule has 1 heterocycles. The van der Waals surface area contributed by atoms with Gasteiger partial charge in [-0.15, -0.1) is 5.10 Å². The summed E-state index contributed by atoms with van der Waals surface area (Å²) in [4.78, 5) is 0. The van der Waals surface area contributed by atoms with Gasteiger partial charge in [-0.1, -0.05) is 5.21 Å². The summed E-state index contributed by atoms with van der Waals surface area (Å²) in [6, 6.07) is 9.17. The van der Waals surface area contributed by atoms with E-state index in [-0.39, 0.29) is 0 Å². The van der Waals surface area contributed by atoms with Gasteiger partial charge in [0.05, 0.1) is 53.1 Å². The summed E-state index contributed by atoms with van der Waals surface area (Å²) in [5.74, 6) is 2.91. The van der Waals surface area contributed by atoms with Gasteiger partial charge in [-0.05, 0) is 12.1 Å². The number of nitrogens with zero attached hydrogens (tertiary/aromatic N) is 3. The second kappa shape index (κ2) is 7.86. The van der Waals surface area contributed by atoms with Crippen molar-refractivity contribution in [2.45, 2.75) is 0 Å². The Morgan fingerprint density at radius 3 is 1.78 bits per heavy atom. The summed E-state index contributed by atoms with van der Waals surface area (Å²) in [6.45, 7) is 0. The Morgan fingerprint density at radius 2 is 1.30 bits per heavy atom. The van der Waals surface area contributed by atoms with Crippen molar-refractivity contribution in [3.8, 4) is 45.7 Å². The third-order valence-electron chi connectivity index (χ3n) is 4.09. The summed E-state index contributed by atoms with van der Waals surface area (Å²) < 4.78 is 28.6. The van der Waals surface area contributed by atoms with Gasteiger partial charge in [-0.3, -0.25) is 0 Å². The molecule has 0 saturated heterocycles. The minimum atomic E-state index is 0.519. The molecule has 142 valence electrons. The van der Waals surface area contributed by atoms with Crippen LogP contribution in [0.1, 0.15) is 0 Å². The third-order valence-corrected chi connectivity index (χ3v) is 4.09. The summed E-state index contributed by atoms with van der Waals surface area (Å²) in [5, 5.41) is 8.27. The zero-order valence-corrected chi connectivity index (χ0v) is 15.8. The summed E-state index contributed by atoms with van der Waals surface area (Å²) in [7, 11) is 7.90. The van der Waals surface area contributed by atoms with Crippen LogP contribution in [0.15, 0.2) is 36.5 Å². The maximum atomic E-state index is 5.44. The van der Waals surface area contributed by atoms with Crippen LogP contribution < -0.4 is 23.7 Å². The Bertz CT molecular complexity index is 892. The van der Waals surface area contributed by atoms with E-state index in [0.29, 0.717) is 28.7 Å². The third kappa shape index (κ3) is 3.46. The van der Waals surface area contributed by atoms with Crippen molar-refractivity contribution in [3.63, 3.8) is 0 Å². The average Bonchev–Trinajstić information content (AvgIpc) is 3.22. The molecule has 0 fully saturated rings. The minimum Gasteiger partial charge on any atom is -0.497 e. The first kappa shape index (κ1) is 18.4. The molecule has 3 aromatic rings. The highest BCUT2D eigenvalue weighted by atomic mass is 16.5. The first-order valence-electron chi connectivity index (χ1n) is 8.09. The number of ether oxygens (including phenoxy) is 5. The van der Waals surface area contributed by atoms with Crippen LogP contribution in [0.5, 0.6) is 28.7 Å². The van der Waals surface area contributed by atoms with E-state index in [1.165, 1.54) is 0 Å². The molecule has 0 atom stereocenters. The normalized spacial score (nSPS) is 10.4. The molecule has 3 rings (SSSR count). The lowest BCUT2D eigenvalue weighted by molar-refractivity contribution is 0.324. The Hall–Kier alpha value is -3.42. The van der Waals surface area contributed by atoms with Crippen LogP contribution in [0.25, 0.3) is 16.9 Å². The van der Waals surface area contributed by atoms with Gasteiger partial charge in [-0.2, -0.15) is 0 Å². The highest BCUT2D eigenvalue weighted by Gasteiger charge is 2.18. The predicted molar refractivity (Wildman–Crippen MR) is 99.6 cm³/mol. The SMILES string of the molecule is COc1cc(OC)cc(-n2nncc2-c2cc(OC)c(OC)c(OC)c2)c1. The zero-order chi connectivity index (χ0) is 19.4. The molecule has 8 heteroatoms. The maximum absolute atomic E-state index is 5.44. The van der Waals surface area contributed by atoms with E-state index in [0.717, 1.165) is 16.9 Å². The summed E-state index contributed by atoms with van der Waals surface area (Å²) >= 11 is 0. The van der Waals surface area contributed by atoms with Crippen LogP contribution in [-0.4, -0.2) is 50.5 Å². The average molecular weight is 371 g/mol. The first-order chi connectivity index (χ1) is 13.1. The van der Waals surface area contributed by atoms with Crippen LogP contribution in [0.2, 0.25) is 0 Å². The molecular weight excluding hydrogens is 350 g/mol. The second-order valence-corrected chi connectivity index (χ2v) is 5.52. The highest BCUT2D eigenvalue weighted by molar-refractivity contribution is 5.70. The van der Waals surface area contributed by atoms with Gasteiger partial charge in [0, 0.05) is 23.8 Å². The van der Waals surface area contributed by atoms with E-state index in [9.17, 15) is 0 Å². The van der Waals surface area contributed by atoms with Crippen molar-refractivity contribution in [2.24, 2.45) is 0 Å². The molecular formula is C19H21N3O5. The standard InChI is InChI=1S/C19H21N3O5/c1-23-14-8-13(9-15(10-14)24-2)22-16(11-20-21-22)12-6-17(25-3)19(27-5)18(7-12)26-4/h6-11H,1-5H3. The molecule has 0 bridgehead atoms. The van der Waals surface area contributed by atoms with Crippen LogP contribution in [0.4, 0.5) is 0 Å². The largest absolute Gasteiger partial charge is 0.497 e. The number of benzene rings is 2. The minimum absolute atomic E-state index is 0.519. The van der Waals surface area contributed by atoms with Gasteiger partial charge in [0.25, 0.3) is 0 Å². The Morgan fingerprint density at radius 1 is 0.704 bits per heavy atom. The van der Waals surface area contributed by atoms with Crippen molar-refractivity contribution in [1.82, 2.24) is 15.0 Å². The second-order valence-electron chi connectivity index (χ2n) is 5.52. The fourth-order valence-electron chi connectivity index (χ4n) is 2.77. The van der Waals surface area contributed by atoms with Gasteiger partial charge in [0.1, 0.15) is 11.5 Å². The highest BCUT2D eigenvalue weighted by Crippen LogP contribution is 2.41. The molecule has 2 aromatic carbocycles. The van der Waals surface area contributed by atoms with E-state index >= 15 is 0 Å². The van der Waals surface area contributed by atoms with Crippen molar-refractivity contribution in [1.29, 1.82) is 0 Å². The molecule has 0 radical (unpaired) electrons. The molecule has 0 amide bonds. The zero-order valence-electron chi connectivity index (χ0n) is 15.8. The number of aromatic nitrogens is 3. The lowest BCUT2D eigenvalue weighted by Crippen LogP contribution is -2.02. The lowest BCUT2D eigenvalue weighted by atomic mass is 10.1. The fraction of sp³-hybridized carbons (Fsp3) is 0.263. The van der Waals surface area contributed by atoms with Crippen LogP contribution >= 0.6 is 0 Å². The van der Waals surface area contributed by atoms with Gasteiger partial charge in [-0.25, -0.2) is 4.68 Å². The molecule has 0 unspecified atom stereocenters. The monoisotopic (exact) mass is 371 g/mol. The summed E-state index contributed by atoms with van der Waals surface area (Å²) in [6.07, 6.45) is 1.66. The van der Waals surface area contributed by atoms with Gasteiger partial charge in [0.2, 0.25) is 5.75 Å². The lowest BCUT2D eigenvalue weighted by Gasteiger charge is -2.15. The number of methoxy groups -OCH3 is 5. The Balaban J connectivity index is 2.16. The van der Waals surface area contributed by atoms with Gasteiger partial charge in [0.15, 0.2) is 11.5 Å². The van der Waals surface area contributed by atoms with Crippen molar-refractivity contribution >= 4 is 0 Å². The molecule has 0 aliphatic heterocycles. The molecule has 1 aromatic heterocycles. The van der Waals surface area contributed by atoms with E-state index in [2.05, 4.69) is 10.3 Å². The maximum Gasteiger partial charge on any atom is 0.203 e. The number of hydrogen-bond acceptors (Lipinski definition) is 7. The molecule has 0 saturated carbocycles. The smallest absolute Gasteiger partial charge is 0.203 e. The molecule has 0 aliphatic rings. The van der Waals surface area contributed by atoms with Crippen molar-refractivity contribution in [3.05, 3.63) is 36.5 Å². The Kier molecular flexibility index (Phi) is 5.35. The molecule has 0 spiro atoms. The van der Waals surface area contributed by atoms with Crippen LogP contribution in [0.3, 0.4) is 0 Å². The van der Waals surface area contributed by atoms with E-state index in [1.807, 2.05) is 24.3 Å². The van der Waals surface area contributed by atoms with Gasteiger partial charge < -0.3 is 23.7 Å². The quantitative estimate of drug-likeness (QED) is 0.632. The number of rotatable bonds is 7. The molecule has 8 nitrogen and oxygen atoms in total. The Labute approximate surface area is 157 Å². The molecule has 0 aliphatic carbocycles. The number of hydrogen-bond donors (Lipinski definition) is 0. The van der Waals surface area contributed by atoms with Crippen molar-refractivity contribution in [2.75, 3.05) is 35.5 Å². The van der Waals surface area contributed by atoms with Crippen molar-refractivity contribution < 1.29 is 23.7 Å². The van der Waals surface area contributed by atoms with Crippen LogP contribution in [0, 0.1) is 0 Å². The van der Waals surface area contributed by atoms with E-state index in [4.69, 9.17) is 23.7 Å². The van der Waals surface area contributed by atoms with Crippen LogP contribution in [-0.2, 0) is 0 Å². The predicted octanol–water partition coefficient (Wildman–Crippen LogP) is 2.98. The fourth-order valence-corrected chi connectivity index (χ4v) is 2.77. The van der Waals surface area contributed by atoms with E-state index in [1.54, 1.807) is 52.5 Å². The topological polar surface area (TPSA) is 76.9 Å². The summed E-state index contributed by atoms with van der Waals surface area (Å²) in [5.41, 5.74) is 2.29. The molecule has 0 N–H and O–H groups in total. The first-order valence-corrected chi connectivity index (χ1v) is 8.09.